The number of hydrogen-bond acceptors (Lipinski definition) is 4. The number of benzene rings is 2. The van der Waals surface area contributed by atoms with Crippen LogP contribution in [0.25, 0.3) is 33.1 Å². The van der Waals surface area contributed by atoms with Gasteiger partial charge < -0.3 is 14.6 Å². The number of nitrogens with one attached hydrogen (secondary N) is 1. The average Bonchev–Trinajstić information content (AvgIpc) is 3.25. The van der Waals surface area contributed by atoms with Crippen molar-refractivity contribution in [2.45, 2.75) is 32.2 Å². The fourth-order valence-corrected chi connectivity index (χ4v) is 4.50. The van der Waals surface area contributed by atoms with E-state index >= 15 is 0 Å². The van der Waals surface area contributed by atoms with Gasteiger partial charge in [-0.2, -0.15) is 0 Å². The molecule has 0 unspecified atom stereocenters. The number of carbonyl (C=O) groups is 1. The van der Waals surface area contributed by atoms with Gasteiger partial charge in [0, 0.05) is 40.6 Å². The van der Waals surface area contributed by atoms with E-state index in [0.29, 0.717) is 11.6 Å². The van der Waals surface area contributed by atoms with Crippen LogP contribution in [0, 0.1) is 0 Å². The summed E-state index contributed by atoms with van der Waals surface area (Å²) in [6.45, 7) is 3.30. The molecule has 0 bridgehead atoms. The molecule has 5 rings (SSSR count). The van der Waals surface area contributed by atoms with Crippen LogP contribution in [-0.4, -0.2) is 35.6 Å². The molecule has 4 aromatic rings. The van der Waals surface area contributed by atoms with E-state index in [4.69, 9.17) is 9.72 Å². The van der Waals surface area contributed by atoms with Gasteiger partial charge in [0.2, 0.25) is 0 Å². The van der Waals surface area contributed by atoms with E-state index < -0.39 is 0 Å². The molecule has 1 aliphatic rings. The molecule has 2 aromatic heterocycles. The standard InChI is InChI=1S/C25H25N3O2/c1-16-5-3-4-12-28(16)23-15-20-14-19(25(29)30-2)7-9-22(20)27-24(23)18-6-8-21-17(13-18)10-11-26-21/h6-11,13-16,26H,3-5,12H2,1-2H3/t16-/m0/s1. The minimum absolute atomic E-state index is 0.327. The molecule has 2 aromatic carbocycles. The van der Waals surface area contributed by atoms with Crippen molar-refractivity contribution in [1.29, 1.82) is 0 Å². The minimum Gasteiger partial charge on any atom is -0.465 e. The third kappa shape index (κ3) is 3.20. The van der Waals surface area contributed by atoms with Gasteiger partial charge in [-0.1, -0.05) is 6.07 Å². The first-order chi connectivity index (χ1) is 14.6. The summed E-state index contributed by atoms with van der Waals surface area (Å²) in [6, 6.07) is 16.7. The number of H-pyrrole nitrogens is 1. The number of fused-ring (bicyclic) bond motifs is 2. The van der Waals surface area contributed by atoms with Gasteiger partial charge >= 0.3 is 5.97 Å². The van der Waals surface area contributed by atoms with E-state index in [2.05, 4.69) is 47.1 Å². The molecule has 30 heavy (non-hydrogen) atoms. The summed E-state index contributed by atoms with van der Waals surface area (Å²) in [5.74, 6) is -0.327. The van der Waals surface area contributed by atoms with Crippen LogP contribution in [0.1, 0.15) is 36.5 Å². The Morgan fingerprint density at radius 1 is 1.10 bits per heavy atom. The first-order valence-corrected chi connectivity index (χ1v) is 10.5. The molecule has 5 nitrogen and oxygen atoms in total. The zero-order valence-corrected chi connectivity index (χ0v) is 17.3. The van der Waals surface area contributed by atoms with Crippen molar-refractivity contribution < 1.29 is 9.53 Å². The van der Waals surface area contributed by atoms with E-state index in [0.717, 1.165) is 39.9 Å². The van der Waals surface area contributed by atoms with E-state index in [-0.39, 0.29) is 5.97 Å². The van der Waals surface area contributed by atoms with Crippen LogP contribution < -0.4 is 4.90 Å². The largest absolute Gasteiger partial charge is 0.465 e. The third-order valence-corrected chi connectivity index (χ3v) is 6.15. The van der Waals surface area contributed by atoms with Crippen molar-refractivity contribution in [3.05, 3.63) is 60.3 Å². The average molecular weight is 399 g/mol. The number of rotatable bonds is 3. The number of methoxy groups -OCH3 is 1. The molecule has 0 aliphatic carbocycles. The van der Waals surface area contributed by atoms with Crippen molar-refractivity contribution in [3.8, 4) is 11.3 Å². The van der Waals surface area contributed by atoms with Crippen LogP contribution in [0.5, 0.6) is 0 Å². The highest BCUT2D eigenvalue weighted by Gasteiger charge is 2.23. The number of hydrogen-bond donors (Lipinski definition) is 1. The number of anilines is 1. The number of aromatic amines is 1. The molecular formula is C25H25N3O2. The Hall–Kier alpha value is -3.34. The van der Waals surface area contributed by atoms with Crippen molar-refractivity contribution in [3.63, 3.8) is 0 Å². The summed E-state index contributed by atoms with van der Waals surface area (Å²) < 4.78 is 4.90. The molecule has 0 saturated carbocycles. The van der Waals surface area contributed by atoms with Crippen LogP contribution in [-0.2, 0) is 4.74 Å². The summed E-state index contributed by atoms with van der Waals surface area (Å²) >= 11 is 0. The number of aromatic nitrogens is 2. The molecule has 1 aliphatic heterocycles. The maximum absolute atomic E-state index is 12.0. The first-order valence-electron chi connectivity index (χ1n) is 10.5. The molecule has 1 saturated heterocycles. The molecule has 0 radical (unpaired) electrons. The lowest BCUT2D eigenvalue weighted by Gasteiger charge is -2.36. The Balaban J connectivity index is 1.72. The van der Waals surface area contributed by atoms with Crippen molar-refractivity contribution >= 4 is 33.5 Å². The molecule has 152 valence electrons. The highest BCUT2D eigenvalue weighted by Crippen LogP contribution is 2.37. The van der Waals surface area contributed by atoms with Crippen LogP contribution in [0.15, 0.2) is 54.7 Å². The predicted molar refractivity (Wildman–Crippen MR) is 121 cm³/mol. The summed E-state index contributed by atoms with van der Waals surface area (Å²) in [5, 5.41) is 2.13. The van der Waals surface area contributed by atoms with E-state index in [1.54, 1.807) is 6.07 Å². The molecule has 0 amide bonds. The van der Waals surface area contributed by atoms with Crippen LogP contribution in [0.3, 0.4) is 0 Å². The Bertz CT molecular complexity index is 1240. The Labute approximate surface area is 175 Å². The van der Waals surface area contributed by atoms with E-state index in [1.807, 2.05) is 18.3 Å². The number of pyridine rings is 1. The second kappa shape index (κ2) is 7.48. The third-order valence-electron chi connectivity index (χ3n) is 6.15. The monoisotopic (exact) mass is 399 g/mol. The summed E-state index contributed by atoms with van der Waals surface area (Å²) in [6.07, 6.45) is 5.58. The van der Waals surface area contributed by atoms with Crippen LogP contribution >= 0.6 is 0 Å². The summed E-state index contributed by atoms with van der Waals surface area (Å²) in [5.41, 5.74) is 5.77. The lowest BCUT2D eigenvalue weighted by molar-refractivity contribution is 0.0601. The van der Waals surface area contributed by atoms with Crippen molar-refractivity contribution in [2.75, 3.05) is 18.6 Å². The predicted octanol–water partition coefficient (Wildman–Crippen LogP) is 5.55. The topological polar surface area (TPSA) is 58.2 Å². The summed E-state index contributed by atoms with van der Waals surface area (Å²) in [7, 11) is 1.41. The van der Waals surface area contributed by atoms with Gasteiger partial charge in [-0.15, -0.1) is 0 Å². The van der Waals surface area contributed by atoms with Gasteiger partial charge in [0.25, 0.3) is 0 Å². The molecular weight excluding hydrogens is 374 g/mol. The number of esters is 1. The van der Waals surface area contributed by atoms with Gasteiger partial charge in [0.1, 0.15) is 0 Å². The molecule has 5 heteroatoms. The lowest BCUT2D eigenvalue weighted by atomic mass is 9.99. The Kier molecular flexibility index (Phi) is 4.66. The van der Waals surface area contributed by atoms with Crippen LogP contribution in [0.4, 0.5) is 5.69 Å². The second-order valence-corrected chi connectivity index (χ2v) is 8.07. The zero-order valence-electron chi connectivity index (χ0n) is 17.3. The van der Waals surface area contributed by atoms with Gasteiger partial charge in [0.15, 0.2) is 0 Å². The number of ether oxygens (including phenoxy) is 1. The fraction of sp³-hybridized carbons (Fsp3) is 0.280. The van der Waals surface area contributed by atoms with Crippen molar-refractivity contribution in [1.82, 2.24) is 9.97 Å². The van der Waals surface area contributed by atoms with Crippen molar-refractivity contribution in [2.24, 2.45) is 0 Å². The maximum Gasteiger partial charge on any atom is 0.337 e. The van der Waals surface area contributed by atoms with E-state index in [9.17, 15) is 4.79 Å². The molecule has 1 fully saturated rings. The first kappa shape index (κ1) is 18.7. The number of piperidine rings is 1. The fourth-order valence-electron chi connectivity index (χ4n) is 4.50. The molecule has 1 atom stereocenters. The maximum atomic E-state index is 12.0. The minimum atomic E-state index is -0.327. The smallest absolute Gasteiger partial charge is 0.337 e. The zero-order chi connectivity index (χ0) is 20.7. The summed E-state index contributed by atoms with van der Waals surface area (Å²) in [4.78, 5) is 22.8. The van der Waals surface area contributed by atoms with Gasteiger partial charge in [0.05, 0.1) is 29.6 Å². The van der Waals surface area contributed by atoms with Gasteiger partial charge in [-0.25, -0.2) is 9.78 Å². The molecule has 1 N–H and O–H groups in total. The van der Waals surface area contributed by atoms with Gasteiger partial charge in [-0.05, 0) is 68.7 Å². The van der Waals surface area contributed by atoms with E-state index in [1.165, 1.54) is 31.8 Å². The highest BCUT2D eigenvalue weighted by atomic mass is 16.5. The quantitative estimate of drug-likeness (QED) is 0.459. The van der Waals surface area contributed by atoms with Gasteiger partial charge in [-0.3, -0.25) is 0 Å². The Morgan fingerprint density at radius 2 is 2.00 bits per heavy atom. The highest BCUT2D eigenvalue weighted by molar-refractivity contribution is 5.97. The number of nitrogens with zero attached hydrogens (tertiary/aromatic N) is 2. The number of carbonyl (C=O) groups excluding carboxylic acids is 1. The Morgan fingerprint density at radius 3 is 2.83 bits per heavy atom. The molecule has 3 heterocycles. The second-order valence-electron chi connectivity index (χ2n) is 8.07. The lowest BCUT2D eigenvalue weighted by Crippen LogP contribution is -2.37. The molecule has 0 spiro atoms. The SMILES string of the molecule is COC(=O)c1ccc2nc(-c3ccc4[nH]ccc4c3)c(N3CCCC[C@@H]3C)cc2c1. The van der Waals surface area contributed by atoms with Crippen LogP contribution in [0.2, 0.25) is 0 Å². The normalized spacial score (nSPS) is 16.9.